The summed E-state index contributed by atoms with van der Waals surface area (Å²) in [5.74, 6) is 0.850. The van der Waals surface area contributed by atoms with Crippen molar-refractivity contribution in [2.24, 2.45) is 35.0 Å². The highest BCUT2D eigenvalue weighted by Crippen LogP contribution is 2.60. The van der Waals surface area contributed by atoms with E-state index in [1.807, 2.05) is 19.9 Å². The molecule has 0 bridgehead atoms. The maximum absolute atomic E-state index is 13.8. The van der Waals surface area contributed by atoms with Crippen LogP contribution < -0.4 is 5.32 Å². The number of alkyl carbamates (subject to hydrolysis) is 1. The van der Waals surface area contributed by atoms with Gasteiger partial charge in [0.1, 0.15) is 11.9 Å². The standard InChI is InChI=1S/C32H40FNO4/c1-5-37-31(36)34-25-11-13-27-23(17-25)18-29-30(35)38-20(3)32(29,4)28(27)14-10-21-9-12-26(19(2)15-21)22-7-6-8-24(33)16-22/h6-10,12,14,16,19-20,23,25,27-29H,5,11,13,15,17-18H2,1-4H3,(H,34,36)/b14-10+/t19?,20-,23-,25+,27-,28+,29+,32-/m0/s1. The Morgan fingerprint density at radius 2 is 2.05 bits per heavy atom. The molecule has 1 aromatic carbocycles. The van der Waals surface area contributed by atoms with E-state index in [0.717, 1.165) is 43.2 Å². The molecule has 1 heterocycles. The van der Waals surface area contributed by atoms with Crippen LogP contribution in [-0.2, 0) is 14.3 Å². The van der Waals surface area contributed by atoms with Gasteiger partial charge in [0.2, 0.25) is 0 Å². The minimum absolute atomic E-state index is 0.0763. The molecule has 0 aromatic heterocycles. The van der Waals surface area contributed by atoms with Crippen LogP contribution in [0.25, 0.3) is 5.57 Å². The first-order valence-corrected chi connectivity index (χ1v) is 14.2. The minimum Gasteiger partial charge on any atom is -0.462 e. The van der Waals surface area contributed by atoms with Gasteiger partial charge in [0.15, 0.2) is 0 Å². The number of fused-ring (bicyclic) bond motifs is 2. The zero-order chi connectivity index (χ0) is 27.0. The first-order valence-electron chi connectivity index (χ1n) is 14.2. The molecule has 1 aromatic rings. The average Bonchev–Trinajstić information content (AvgIpc) is 3.09. The smallest absolute Gasteiger partial charge is 0.407 e. The van der Waals surface area contributed by atoms with E-state index in [2.05, 4.69) is 43.5 Å². The third kappa shape index (κ3) is 4.94. The number of hydrogen-bond acceptors (Lipinski definition) is 4. The Morgan fingerprint density at radius 3 is 2.79 bits per heavy atom. The zero-order valence-corrected chi connectivity index (χ0v) is 22.9. The van der Waals surface area contributed by atoms with Gasteiger partial charge in [-0.25, -0.2) is 9.18 Å². The molecular formula is C32H40FNO4. The number of esters is 1. The molecule has 38 heavy (non-hydrogen) atoms. The summed E-state index contributed by atoms with van der Waals surface area (Å²) >= 11 is 0. The lowest BCUT2D eigenvalue weighted by atomic mass is 9.50. The number of hydrogen-bond donors (Lipinski definition) is 1. The van der Waals surface area contributed by atoms with E-state index >= 15 is 0 Å². The quantitative estimate of drug-likeness (QED) is 0.431. The summed E-state index contributed by atoms with van der Waals surface area (Å²) in [6.07, 6.45) is 12.9. The molecule has 1 aliphatic heterocycles. The molecule has 8 atom stereocenters. The molecule has 5 rings (SSSR count). The van der Waals surface area contributed by atoms with E-state index < -0.39 is 0 Å². The van der Waals surface area contributed by atoms with Crippen LogP contribution in [0.5, 0.6) is 0 Å². The van der Waals surface area contributed by atoms with Crippen LogP contribution in [0.15, 0.2) is 54.1 Å². The van der Waals surface area contributed by atoms with Gasteiger partial charge in [-0.05, 0) is 98.5 Å². The van der Waals surface area contributed by atoms with Crippen molar-refractivity contribution >= 4 is 17.6 Å². The molecule has 6 heteroatoms. The van der Waals surface area contributed by atoms with Gasteiger partial charge in [0.05, 0.1) is 12.5 Å². The number of benzene rings is 1. The number of nitrogens with one attached hydrogen (secondary N) is 1. The molecule has 1 amide bonds. The van der Waals surface area contributed by atoms with Crippen LogP contribution in [0.4, 0.5) is 9.18 Å². The van der Waals surface area contributed by atoms with Crippen molar-refractivity contribution < 1.29 is 23.5 Å². The number of cyclic esters (lactones) is 1. The number of ether oxygens (including phenoxy) is 2. The minimum atomic E-state index is -0.356. The zero-order valence-electron chi connectivity index (χ0n) is 22.9. The van der Waals surface area contributed by atoms with Gasteiger partial charge in [-0.2, -0.15) is 0 Å². The van der Waals surface area contributed by atoms with E-state index in [9.17, 15) is 14.0 Å². The highest BCUT2D eigenvalue weighted by molar-refractivity contribution is 5.77. The summed E-state index contributed by atoms with van der Waals surface area (Å²) in [7, 11) is 0. The first-order chi connectivity index (χ1) is 18.2. The number of carbonyl (C=O) groups excluding carboxylic acids is 2. The summed E-state index contributed by atoms with van der Waals surface area (Å²) in [4.78, 5) is 25.0. The van der Waals surface area contributed by atoms with E-state index in [1.165, 1.54) is 11.6 Å². The van der Waals surface area contributed by atoms with E-state index in [4.69, 9.17) is 9.47 Å². The van der Waals surface area contributed by atoms with Gasteiger partial charge in [-0.15, -0.1) is 0 Å². The van der Waals surface area contributed by atoms with Crippen molar-refractivity contribution in [1.29, 1.82) is 0 Å². The van der Waals surface area contributed by atoms with Crippen LogP contribution in [0.2, 0.25) is 0 Å². The SMILES string of the molecule is CCOC(=O)N[C@@H]1CC[C@H]2[C@@H](C1)C[C@@H]1C(=O)O[C@@H](C)[C@@]1(C)[C@@H]2/C=C/C1=CC=C(c2cccc(F)c2)C(C)C1. The van der Waals surface area contributed by atoms with Crippen molar-refractivity contribution in [2.75, 3.05) is 6.61 Å². The fourth-order valence-electron chi connectivity index (χ4n) is 7.68. The molecule has 3 aliphatic carbocycles. The number of carbonyl (C=O) groups is 2. The Labute approximate surface area is 225 Å². The second-order valence-electron chi connectivity index (χ2n) is 11.9. The van der Waals surface area contributed by atoms with Crippen molar-refractivity contribution in [2.45, 2.75) is 71.9 Å². The van der Waals surface area contributed by atoms with Gasteiger partial charge < -0.3 is 14.8 Å². The summed E-state index contributed by atoms with van der Waals surface area (Å²) in [5, 5.41) is 3.03. The van der Waals surface area contributed by atoms with Gasteiger partial charge in [0.25, 0.3) is 0 Å². The molecule has 2 saturated carbocycles. The predicted molar refractivity (Wildman–Crippen MR) is 145 cm³/mol. The molecule has 0 spiro atoms. The Bertz CT molecular complexity index is 1170. The second-order valence-corrected chi connectivity index (χ2v) is 11.9. The molecule has 5 nitrogen and oxygen atoms in total. The summed E-state index contributed by atoms with van der Waals surface area (Å²) in [6.45, 7) is 8.64. The highest BCUT2D eigenvalue weighted by atomic mass is 19.1. The van der Waals surface area contributed by atoms with Crippen molar-refractivity contribution in [3.63, 3.8) is 0 Å². The number of rotatable bonds is 5. The average molecular weight is 522 g/mol. The van der Waals surface area contributed by atoms with Gasteiger partial charge in [-0.3, -0.25) is 4.79 Å². The summed E-state index contributed by atoms with van der Waals surface area (Å²) < 4.78 is 24.7. The largest absolute Gasteiger partial charge is 0.462 e. The third-order valence-electron chi connectivity index (χ3n) is 9.79. The topological polar surface area (TPSA) is 64.6 Å². The number of halogens is 1. The lowest BCUT2D eigenvalue weighted by Crippen LogP contribution is -2.53. The molecule has 1 saturated heterocycles. The van der Waals surface area contributed by atoms with Crippen molar-refractivity contribution in [3.05, 3.63) is 65.5 Å². The van der Waals surface area contributed by atoms with Gasteiger partial charge in [0, 0.05) is 11.5 Å². The maximum atomic E-state index is 13.8. The maximum Gasteiger partial charge on any atom is 0.407 e. The molecule has 0 radical (unpaired) electrons. The Kier molecular flexibility index (Phi) is 7.52. The van der Waals surface area contributed by atoms with Crippen LogP contribution in [-0.4, -0.2) is 30.8 Å². The molecule has 4 aliphatic rings. The second kappa shape index (κ2) is 10.7. The van der Waals surface area contributed by atoms with Crippen LogP contribution in [0.1, 0.15) is 65.4 Å². The Morgan fingerprint density at radius 1 is 1.24 bits per heavy atom. The Hall–Kier alpha value is -2.89. The van der Waals surface area contributed by atoms with Crippen LogP contribution >= 0.6 is 0 Å². The predicted octanol–water partition coefficient (Wildman–Crippen LogP) is 6.85. The molecular weight excluding hydrogens is 481 g/mol. The fourth-order valence-corrected chi connectivity index (χ4v) is 7.68. The number of amides is 1. The third-order valence-corrected chi connectivity index (χ3v) is 9.79. The molecule has 204 valence electrons. The molecule has 1 N–H and O–H groups in total. The summed E-state index contributed by atoms with van der Waals surface area (Å²) in [6, 6.07) is 6.89. The van der Waals surface area contributed by atoms with Crippen LogP contribution in [0, 0.1) is 40.8 Å². The highest BCUT2D eigenvalue weighted by Gasteiger charge is 2.62. The van der Waals surface area contributed by atoms with E-state index in [-0.39, 0.29) is 53.2 Å². The molecule has 1 unspecified atom stereocenters. The summed E-state index contributed by atoms with van der Waals surface area (Å²) in [5.41, 5.74) is 3.09. The van der Waals surface area contributed by atoms with Crippen LogP contribution in [0.3, 0.4) is 0 Å². The van der Waals surface area contributed by atoms with Crippen molar-refractivity contribution in [3.8, 4) is 0 Å². The monoisotopic (exact) mass is 521 g/mol. The first kappa shape index (κ1) is 26.7. The van der Waals surface area contributed by atoms with E-state index in [1.54, 1.807) is 12.1 Å². The lowest BCUT2D eigenvalue weighted by Gasteiger charge is -2.52. The normalized spacial score (nSPS) is 36.6. The fraction of sp³-hybridized carbons (Fsp3) is 0.562. The lowest BCUT2D eigenvalue weighted by molar-refractivity contribution is -0.144. The molecule has 3 fully saturated rings. The van der Waals surface area contributed by atoms with Crippen molar-refractivity contribution in [1.82, 2.24) is 5.32 Å². The van der Waals surface area contributed by atoms with Gasteiger partial charge in [-0.1, -0.05) is 50.3 Å². The Balaban J connectivity index is 1.39. The van der Waals surface area contributed by atoms with E-state index in [0.29, 0.717) is 18.4 Å². The van der Waals surface area contributed by atoms with Gasteiger partial charge >= 0.3 is 12.1 Å². The number of allylic oxidation sites excluding steroid dienone is 6.